The number of hydrogen-bond donors (Lipinski definition) is 2. The average molecular weight is 358 g/mol. The first-order chi connectivity index (χ1) is 11.0. The van der Waals surface area contributed by atoms with E-state index in [2.05, 4.69) is 15.5 Å². The number of amides is 1. The van der Waals surface area contributed by atoms with Crippen LogP contribution in [0.2, 0.25) is 10.0 Å². The van der Waals surface area contributed by atoms with Crippen molar-refractivity contribution >= 4 is 29.1 Å². The van der Waals surface area contributed by atoms with E-state index >= 15 is 0 Å². The summed E-state index contributed by atoms with van der Waals surface area (Å²) in [5.74, 6) is 0.150. The molecule has 6 heteroatoms. The van der Waals surface area contributed by atoms with Gasteiger partial charge >= 0.3 is 0 Å². The SMILES string of the molecule is CNCC(C)C(=O)NC1CCN(Cc2ccc(Cl)c(Cl)c2)CC1. The van der Waals surface area contributed by atoms with Crippen molar-refractivity contribution in [3.63, 3.8) is 0 Å². The smallest absolute Gasteiger partial charge is 0.224 e. The van der Waals surface area contributed by atoms with Gasteiger partial charge in [-0.05, 0) is 37.6 Å². The topological polar surface area (TPSA) is 44.4 Å². The number of halogens is 2. The first-order valence-corrected chi connectivity index (χ1v) is 8.86. The van der Waals surface area contributed by atoms with Crippen LogP contribution in [0, 0.1) is 5.92 Å². The normalized spacial score (nSPS) is 17.9. The maximum atomic E-state index is 12.1. The van der Waals surface area contributed by atoms with Gasteiger partial charge in [0.2, 0.25) is 5.91 Å². The van der Waals surface area contributed by atoms with Gasteiger partial charge in [-0.1, -0.05) is 36.2 Å². The maximum absolute atomic E-state index is 12.1. The minimum atomic E-state index is 0.00855. The van der Waals surface area contributed by atoms with E-state index in [0.29, 0.717) is 16.6 Å². The Bertz CT molecular complexity index is 531. The van der Waals surface area contributed by atoms with Crippen molar-refractivity contribution in [1.29, 1.82) is 0 Å². The molecule has 1 aliphatic heterocycles. The largest absolute Gasteiger partial charge is 0.353 e. The summed E-state index contributed by atoms with van der Waals surface area (Å²) in [5, 5.41) is 7.39. The second-order valence-electron chi connectivity index (χ2n) is 6.27. The van der Waals surface area contributed by atoms with Gasteiger partial charge in [-0.2, -0.15) is 0 Å². The molecule has 0 aliphatic carbocycles. The zero-order chi connectivity index (χ0) is 16.8. The average Bonchev–Trinajstić information content (AvgIpc) is 2.53. The van der Waals surface area contributed by atoms with Crippen LogP contribution in [-0.4, -0.2) is 43.5 Å². The summed E-state index contributed by atoms with van der Waals surface area (Å²) in [6.07, 6.45) is 1.97. The van der Waals surface area contributed by atoms with E-state index in [0.717, 1.165) is 32.5 Å². The molecule has 0 spiro atoms. The summed E-state index contributed by atoms with van der Waals surface area (Å²) < 4.78 is 0. The molecule has 128 valence electrons. The Balaban J connectivity index is 1.77. The summed E-state index contributed by atoms with van der Waals surface area (Å²) in [6, 6.07) is 6.07. The molecular weight excluding hydrogens is 333 g/mol. The Labute approximate surface area is 148 Å². The van der Waals surface area contributed by atoms with Crippen LogP contribution in [0.4, 0.5) is 0 Å². The Hall–Kier alpha value is -0.810. The van der Waals surface area contributed by atoms with Gasteiger partial charge < -0.3 is 10.6 Å². The second kappa shape index (κ2) is 8.88. The Morgan fingerprint density at radius 1 is 1.30 bits per heavy atom. The van der Waals surface area contributed by atoms with Crippen molar-refractivity contribution in [3.8, 4) is 0 Å². The fraction of sp³-hybridized carbons (Fsp3) is 0.588. The Morgan fingerprint density at radius 2 is 2.00 bits per heavy atom. The van der Waals surface area contributed by atoms with E-state index < -0.39 is 0 Å². The van der Waals surface area contributed by atoms with E-state index in [1.165, 1.54) is 5.56 Å². The molecule has 4 nitrogen and oxygen atoms in total. The van der Waals surface area contributed by atoms with Gasteiger partial charge in [-0.15, -0.1) is 0 Å². The molecule has 0 aromatic heterocycles. The minimum Gasteiger partial charge on any atom is -0.353 e. The summed E-state index contributed by atoms with van der Waals surface area (Å²) in [4.78, 5) is 14.4. The highest BCUT2D eigenvalue weighted by atomic mass is 35.5. The van der Waals surface area contributed by atoms with Crippen LogP contribution in [0.15, 0.2) is 18.2 Å². The molecule has 1 unspecified atom stereocenters. The van der Waals surface area contributed by atoms with Gasteiger partial charge in [0.1, 0.15) is 0 Å². The van der Waals surface area contributed by atoms with Crippen molar-refractivity contribution in [2.45, 2.75) is 32.4 Å². The molecule has 0 radical (unpaired) electrons. The number of hydrogen-bond acceptors (Lipinski definition) is 3. The second-order valence-corrected chi connectivity index (χ2v) is 7.08. The molecule has 2 rings (SSSR count). The van der Waals surface area contributed by atoms with Crippen LogP contribution < -0.4 is 10.6 Å². The fourth-order valence-electron chi connectivity index (χ4n) is 2.87. The van der Waals surface area contributed by atoms with Gasteiger partial charge in [0.25, 0.3) is 0 Å². The highest BCUT2D eigenvalue weighted by molar-refractivity contribution is 6.42. The van der Waals surface area contributed by atoms with Gasteiger partial charge in [0.15, 0.2) is 0 Å². The van der Waals surface area contributed by atoms with E-state index in [9.17, 15) is 4.79 Å². The number of carbonyl (C=O) groups excluding carboxylic acids is 1. The molecule has 23 heavy (non-hydrogen) atoms. The van der Waals surface area contributed by atoms with Gasteiger partial charge in [-0.25, -0.2) is 0 Å². The van der Waals surface area contributed by atoms with Crippen molar-refractivity contribution in [3.05, 3.63) is 33.8 Å². The standard InChI is InChI=1S/C17H25Cl2N3O/c1-12(10-20-2)17(23)21-14-5-7-22(8-6-14)11-13-3-4-15(18)16(19)9-13/h3-4,9,12,14,20H,5-8,10-11H2,1-2H3,(H,21,23). The summed E-state index contributed by atoms with van der Waals surface area (Å²) in [5.41, 5.74) is 1.17. The number of piperidine rings is 1. The predicted octanol–water partition coefficient (Wildman–Crippen LogP) is 2.93. The van der Waals surface area contributed by atoms with Crippen LogP contribution >= 0.6 is 23.2 Å². The molecule has 2 N–H and O–H groups in total. The zero-order valence-electron chi connectivity index (χ0n) is 13.7. The minimum absolute atomic E-state index is 0.00855. The van der Waals surface area contributed by atoms with Gasteiger partial charge in [-0.3, -0.25) is 9.69 Å². The number of nitrogens with one attached hydrogen (secondary N) is 2. The zero-order valence-corrected chi connectivity index (χ0v) is 15.3. The third kappa shape index (κ3) is 5.64. The monoisotopic (exact) mass is 357 g/mol. The third-order valence-electron chi connectivity index (χ3n) is 4.28. The van der Waals surface area contributed by atoms with Crippen LogP contribution in [0.5, 0.6) is 0 Å². The predicted molar refractivity (Wildman–Crippen MR) is 96.0 cm³/mol. The summed E-state index contributed by atoms with van der Waals surface area (Å²) in [7, 11) is 1.87. The number of nitrogens with zero attached hydrogens (tertiary/aromatic N) is 1. The lowest BCUT2D eigenvalue weighted by Gasteiger charge is -2.33. The van der Waals surface area contributed by atoms with E-state index in [4.69, 9.17) is 23.2 Å². The molecule has 1 atom stereocenters. The molecule has 1 aliphatic rings. The van der Waals surface area contributed by atoms with E-state index in [1.54, 1.807) is 0 Å². The fourth-order valence-corrected chi connectivity index (χ4v) is 3.19. The van der Waals surface area contributed by atoms with Crippen LogP contribution in [0.3, 0.4) is 0 Å². The van der Waals surface area contributed by atoms with Gasteiger partial charge in [0.05, 0.1) is 10.0 Å². The lowest BCUT2D eigenvalue weighted by molar-refractivity contribution is -0.125. The van der Waals surface area contributed by atoms with Crippen molar-refractivity contribution < 1.29 is 4.79 Å². The number of carbonyl (C=O) groups is 1. The number of likely N-dealkylation sites (tertiary alicyclic amines) is 1. The Morgan fingerprint density at radius 3 is 2.61 bits per heavy atom. The molecule has 1 amide bonds. The molecular formula is C17H25Cl2N3O. The lowest BCUT2D eigenvalue weighted by Crippen LogP contribution is -2.46. The first kappa shape index (κ1) is 18.5. The third-order valence-corrected chi connectivity index (χ3v) is 5.02. The van der Waals surface area contributed by atoms with Gasteiger partial charge in [0, 0.05) is 38.1 Å². The number of rotatable bonds is 6. The van der Waals surface area contributed by atoms with E-state index in [-0.39, 0.29) is 17.9 Å². The lowest BCUT2D eigenvalue weighted by atomic mass is 10.0. The molecule has 1 aromatic rings. The molecule has 1 saturated heterocycles. The van der Waals surface area contributed by atoms with Crippen LogP contribution in [0.1, 0.15) is 25.3 Å². The highest BCUT2D eigenvalue weighted by Gasteiger charge is 2.22. The molecule has 0 saturated carbocycles. The van der Waals surface area contributed by atoms with Crippen molar-refractivity contribution in [2.24, 2.45) is 5.92 Å². The number of benzene rings is 1. The maximum Gasteiger partial charge on any atom is 0.224 e. The molecule has 0 bridgehead atoms. The molecule has 1 fully saturated rings. The van der Waals surface area contributed by atoms with Crippen molar-refractivity contribution in [2.75, 3.05) is 26.7 Å². The highest BCUT2D eigenvalue weighted by Crippen LogP contribution is 2.24. The Kier molecular flexibility index (Phi) is 7.15. The molecule has 1 heterocycles. The van der Waals surface area contributed by atoms with Crippen LogP contribution in [-0.2, 0) is 11.3 Å². The van der Waals surface area contributed by atoms with E-state index in [1.807, 2.05) is 32.2 Å². The van der Waals surface area contributed by atoms with Crippen LogP contribution in [0.25, 0.3) is 0 Å². The summed E-state index contributed by atoms with van der Waals surface area (Å²) in [6.45, 7) is 5.48. The molecule has 1 aromatic carbocycles. The van der Waals surface area contributed by atoms with Crippen molar-refractivity contribution in [1.82, 2.24) is 15.5 Å². The summed E-state index contributed by atoms with van der Waals surface area (Å²) >= 11 is 12.0. The first-order valence-electron chi connectivity index (χ1n) is 8.11. The quantitative estimate of drug-likeness (QED) is 0.822.